The van der Waals surface area contributed by atoms with E-state index in [4.69, 9.17) is 4.74 Å². The molecule has 4 fully saturated rings. The Morgan fingerprint density at radius 1 is 1.16 bits per heavy atom. The molecule has 37 heavy (non-hydrogen) atoms. The Labute approximate surface area is 223 Å². The van der Waals surface area contributed by atoms with Crippen molar-refractivity contribution in [3.05, 3.63) is 47.6 Å². The van der Waals surface area contributed by atoms with Gasteiger partial charge in [0.2, 0.25) is 0 Å². The largest absolute Gasteiger partial charge is 0.475 e. The second kappa shape index (κ2) is 10.5. The minimum Gasteiger partial charge on any atom is -0.475 e. The van der Waals surface area contributed by atoms with Crippen molar-refractivity contribution in [2.45, 2.75) is 109 Å². The molecule has 0 aromatic rings. The number of rotatable bonds is 7. The summed E-state index contributed by atoms with van der Waals surface area (Å²) in [5.74, 6) is 2.34. The van der Waals surface area contributed by atoms with Gasteiger partial charge >= 0.3 is 0 Å². The molecule has 4 unspecified atom stereocenters. The van der Waals surface area contributed by atoms with Gasteiger partial charge in [0.05, 0.1) is 30.3 Å². The molecule has 0 saturated heterocycles. The average Bonchev–Trinajstić information content (AvgIpc) is 3.39. The van der Waals surface area contributed by atoms with Crippen LogP contribution in [-0.4, -0.2) is 52.2 Å². The molecule has 4 aliphatic carbocycles. The molecule has 0 aromatic carbocycles. The summed E-state index contributed by atoms with van der Waals surface area (Å²) < 4.78 is 6.06. The summed E-state index contributed by atoms with van der Waals surface area (Å²) >= 11 is 0. The van der Waals surface area contributed by atoms with Crippen LogP contribution in [0.3, 0.4) is 0 Å². The number of allylic oxidation sites excluding steroid dienone is 4. The van der Waals surface area contributed by atoms with Gasteiger partial charge in [-0.15, -0.1) is 0 Å². The Morgan fingerprint density at radius 3 is 2.65 bits per heavy atom. The van der Waals surface area contributed by atoms with Crippen molar-refractivity contribution in [1.82, 2.24) is 0 Å². The van der Waals surface area contributed by atoms with E-state index in [0.29, 0.717) is 30.6 Å². The summed E-state index contributed by atoms with van der Waals surface area (Å²) in [6, 6.07) is 0. The van der Waals surface area contributed by atoms with Gasteiger partial charge in [0.1, 0.15) is 6.10 Å². The summed E-state index contributed by atoms with van der Waals surface area (Å²) in [7, 11) is 0. The summed E-state index contributed by atoms with van der Waals surface area (Å²) in [5, 5.41) is 31.5. The molecule has 5 heteroatoms. The number of aliphatic imine (C=N–C) groups is 1. The number of ether oxygens (including phenoxy) is 1. The van der Waals surface area contributed by atoms with Crippen LogP contribution in [0.15, 0.2) is 52.6 Å². The maximum absolute atomic E-state index is 11.1. The first-order chi connectivity index (χ1) is 17.7. The van der Waals surface area contributed by atoms with Crippen LogP contribution in [0.1, 0.15) is 85.0 Å². The van der Waals surface area contributed by atoms with Gasteiger partial charge in [-0.25, -0.2) is 0 Å². The van der Waals surface area contributed by atoms with E-state index in [0.717, 1.165) is 49.3 Å². The maximum Gasteiger partial charge on any atom is 0.193 e. The normalized spacial score (nSPS) is 41.1. The van der Waals surface area contributed by atoms with Gasteiger partial charge in [-0.3, -0.25) is 4.99 Å². The lowest BCUT2D eigenvalue weighted by Gasteiger charge is -2.44. The van der Waals surface area contributed by atoms with Crippen LogP contribution in [0.25, 0.3) is 0 Å². The lowest BCUT2D eigenvalue weighted by Crippen LogP contribution is -2.36. The molecule has 3 N–H and O–H groups in total. The van der Waals surface area contributed by atoms with Crippen molar-refractivity contribution in [3.8, 4) is 0 Å². The fraction of sp³-hybridized carbons (Fsp3) is 0.719. The Bertz CT molecular complexity index is 1000. The van der Waals surface area contributed by atoms with E-state index in [1.54, 1.807) is 0 Å². The highest BCUT2D eigenvalue weighted by Crippen LogP contribution is 2.60. The Hall–Kier alpha value is -1.69. The van der Waals surface area contributed by atoms with Crippen molar-refractivity contribution in [1.29, 1.82) is 0 Å². The number of aliphatic hydroxyl groups is 3. The molecule has 0 amide bonds. The van der Waals surface area contributed by atoms with E-state index in [1.165, 1.54) is 31.3 Å². The third-order valence-corrected chi connectivity index (χ3v) is 10.5. The molecule has 0 bridgehead atoms. The van der Waals surface area contributed by atoms with Crippen LogP contribution < -0.4 is 0 Å². The third-order valence-electron chi connectivity index (χ3n) is 10.5. The Morgan fingerprint density at radius 2 is 1.95 bits per heavy atom. The topological polar surface area (TPSA) is 82.3 Å². The Balaban J connectivity index is 1.26. The fourth-order valence-electron chi connectivity index (χ4n) is 7.88. The highest BCUT2D eigenvalue weighted by atomic mass is 16.5. The van der Waals surface area contributed by atoms with Crippen molar-refractivity contribution in [3.63, 3.8) is 0 Å². The van der Waals surface area contributed by atoms with Gasteiger partial charge in [0.25, 0.3) is 0 Å². The first-order valence-electron chi connectivity index (χ1n) is 14.7. The van der Waals surface area contributed by atoms with Crippen LogP contribution in [-0.2, 0) is 4.74 Å². The molecule has 4 saturated carbocycles. The molecule has 8 atom stereocenters. The van der Waals surface area contributed by atoms with Crippen LogP contribution in [0.5, 0.6) is 0 Å². The van der Waals surface area contributed by atoms with Gasteiger partial charge in [0, 0.05) is 6.42 Å². The zero-order chi connectivity index (χ0) is 26.4. The van der Waals surface area contributed by atoms with Crippen LogP contribution in [0.2, 0.25) is 0 Å². The first kappa shape index (κ1) is 26.9. The van der Waals surface area contributed by atoms with Gasteiger partial charge in [-0.2, -0.15) is 0 Å². The van der Waals surface area contributed by atoms with Gasteiger partial charge < -0.3 is 20.1 Å². The van der Waals surface area contributed by atoms with E-state index < -0.39 is 18.3 Å². The van der Waals surface area contributed by atoms with Gasteiger partial charge in [0.15, 0.2) is 5.90 Å². The van der Waals surface area contributed by atoms with Crippen LogP contribution >= 0.6 is 0 Å². The molecule has 204 valence electrons. The molecule has 0 spiro atoms. The molecular formula is C32H47NO4. The first-order valence-corrected chi connectivity index (χ1v) is 14.7. The summed E-state index contributed by atoms with van der Waals surface area (Å²) in [5.41, 5.74) is 3.22. The lowest BCUT2D eigenvalue weighted by molar-refractivity contribution is 0.0862. The van der Waals surface area contributed by atoms with E-state index in [2.05, 4.69) is 50.6 Å². The smallest absolute Gasteiger partial charge is 0.193 e. The van der Waals surface area contributed by atoms with E-state index in [9.17, 15) is 15.3 Å². The van der Waals surface area contributed by atoms with E-state index in [1.807, 2.05) is 6.08 Å². The molecule has 1 heterocycles. The quantitative estimate of drug-likeness (QED) is 0.386. The standard InChI is InChI=1S/C32H47NO4/c1-5-25-19-33-30(37-25)32(15-16-32)29(36)13-8-20(2)26-11-12-27-22(7-6-14-31(26,27)4)9-10-23-17-24(34)18-28(35)21(23)3/h8-10,13,20,24-29,34-36H,3,5-7,11-12,14-19H2,1-2,4H3/t20-,24?,25?,26-,27+,28?,29?,31-/m1/s1. The number of fused-ring (bicyclic) bond motifs is 1. The summed E-state index contributed by atoms with van der Waals surface area (Å²) in [6.07, 6.45) is 17.0. The maximum atomic E-state index is 11.1. The van der Waals surface area contributed by atoms with Crippen molar-refractivity contribution in [2.75, 3.05) is 6.54 Å². The molecule has 5 aliphatic rings. The molecule has 5 nitrogen and oxygen atoms in total. The molecule has 1 aliphatic heterocycles. The van der Waals surface area contributed by atoms with Crippen LogP contribution in [0, 0.1) is 28.6 Å². The molecular weight excluding hydrogens is 462 g/mol. The monoisotopic (exact) mass is 509 g/mol. The summed E-state index contributed by atoms with van der Waals surface area (Å²) in [6.45, 7) is 11.7. The second-order valence-corrected chi connectivity index (χ2v) is 12.8. The summed E-state index contributed by atoms with van der Waals surface area (Å²) in [4.78, 5) is 4.64. The average molecular weight is 510 g/mol. The number of hydrogen-bond donors (Lipinski definition) is 3. The number of aliphatic hydroxyl groups excluding tert-OH is 3. The predicted octanol–water partition coefficient (Wildman–Crippen LogP) is 5.67. The van der Waals surface area contributed by atoms with Crippen molar-refractivity contribution >= 4 is 5.90 Å². The van der Waals surface area contributed by atoms with Crippen LogP contribution in [0.4, 0.5) is 0 Å². The molecule has 5 rings (SSSR count). The lowest BCUT2D eigenvalue weighted by atomic mass is 9.61. The predicted molar refractivity (Wildman–Crippen MR) is 148 cm³/mol. The third kappa shape index (κ3) is 5.04. The number of nitrogens with zero attached hydrogens (tertiary/aromatic N) is 1. The molecule has 0 aromatic heterocycles. The van der Waals surface area contributed by atoms with E-state index >= 15 is 0 Å². The van der Waals surface area contributed by atoms with E-state index in [-0.39, 0.29) is 16.9 Å². The Kier molecular flexibility index (Phi) is 7.61. The highest BCUT2D eigenvalue weighted by Gasteiger charge is 2.56. The van der Waals surface area contributed by atoms with Gasteiger partial charge in [-0.1, -0.05) is 57.2 Å². The number of hydrogen-bond acceptors (Lipinski definition) is 5. The van der Waals surface area contributed by atoms with Gasteiger partial charge in [-0.05, 0) is 92.1 Å². The highest BCUT2D eigenvalue weighted by molar-refractivity contribution is 5.87. The van der Waals surface area contributed by atoms with Crippen molar-refractivity contribution < 1.29 is 20.1 Å². The minimum absolute atomic E-state index is 0.175. The zero-order valence-electron chi connectivity index (χ0n) is 23.0. The van der Waals surface area contributed by atoms with Crippen molar-refractivity contribution in [2.24, 2.45) is 33.6 Å². The second-order valence-electron chi connectivity index (χ2n) is 12.8. The zero-order valence-corrected chi connectivity index (χ0v) is 23.0. The minimum atomic E-state index is -0.640. The SMILES string of the molecule is C=C1C(=CC=C2CCC[C@]3(C)[C@@H]([C@H](C)C=CC(O)C4(C5=NCC(CC)O5)CC4)CC[C@@H]23)CC(O)CC1O. The molecule has 0 radical (unpaired) electrons. The fourth-order valence-corrected chi connectivity index (χ4v) is 7.88.